The van der Waals surface area contributed by atoms with Gasteiger partial charge in [-0.1, -0.05) is 0 Å². The summed E-state index contributed by atoms with van der Waals surface area (Å²) in [5.74, 6) is -0.208. The van der Waals surface area contributed by atoms with Gasteiger partial charge in [-0.05, 0) is 0 Å². The van der Waals surface area contributed by atoms with E-state index in [1.54, 1.807) is 0 Å². The quantitative estimate of drug-likeness (QED) is 0.547. The number of H-pyrrole nitrogens is 1. The zero-order valence-corrected chi connectivity index (χ0v) is 4.80. The third kappa shape index (κ3) is 1.07. The predicted octanol–water partition coefficient (Wildman–Crippen LogP) is 0.170. The van der Waals surface area contributed by atoms with Crippen molar-refractivity contribution in [2.24, 2.45) is 0 Å². The van der Waals surface area contributed by atoms with Crippen molar-refractivity contribution in [1.82, 2.24) is 5.16 Å². The first-order valence-corrected chi connectivity index (χ1v) is 2.39. The summed E-state index contributed by atoms with van der Waals surface area (Å²) in [4.78, 5) is 20.7. The molecule has 9 heavy (non-hydrogen) atoms. The number of carbonyl (C=O) groups is 1. The van der Waals surface area contributed by atoms with Crippen LogP contribution in [0, 0.1) is 0 Å². The first kappa shape index (κ1) is 5.81. The van der Waals surface area contributed by atoms with Crippen LogP contribution in [0.15, 0.2) is 15.4 Å². The molecule has 4 heteroatoms. The molecule has 1 N–H and O–H groups in total. The van der Waals surface area contributed by atoms with E-state index >= 15 is 0 Å². The van der Waals surface area contributed by atoms with Crippen molar-refractivity contribution in [3.63, 3.8) is 0 Å². The Kier molecular flexibility index (Phi) is 1.22. The van der Waals surface area contributed by atoms with Crippen molar-refractivity contribution in [3.8, 4) is 0 Å². The third-order valence-electron chi connectivity index (χ3n) is 0.903. The fourth-order valence-electron chi connectivity index (χ4n) is 0.456. The molecule has 0 unspecified atom stereocenters. The Hall–Kier alpha value is -1.32. The Balaban J connectivity index is 3.12. The molecule has 0 aromatic carbocycles. The summed E-state index contributed by atoms with van der Waals surface area (Å²) in [6, 6.07) is 1.11. The highest BCUT2D eigenvalue weighted by Gasteiger charge is 2.01. The van der Waals surface area contributed by atoms with Gasteiger partial charge in [-0.2, -0.15) is 0 Å². The molecule has 0 spiro atoms. The van der Waals surface area contributed by atoms with Crippen molar-refractivity contribution in [1.29, 1.82) is 0 Å². The van der Waals surface area contributed by atoms with Gasteiger partial charge in [0.1, 0.15) is 5.69 Å². The summed E-state index contributed by atoms with van der Waals surface area (Å²) in [6.07, 6.45) is 0. The highest BCUT2D eigenvalue weighted by atomic mass is 16.5. The van der Waals surface area contributed by atoms with Gasteiger partial charge in [-0.15, -0.1) is 0 Å². The summed E-state index contributed by atoms with van der Waals surface area (Å²) in [7, 11) is 0. The Morgan fingerprint density at radius 3 is 2.67 bits per heavy atom. The number of carbonyl (C=O) groups excluding carboxylic acids is 1. The molecule has 1 aromatic rings. The summed E-state index contributed by atoms with van der Waals surface area (Å²) >= 11 is 0. The lowest BCUT2D eigenvalue weighted by atomic mass is 10.3. The lowest BCUT2D eigenvalue weighted by molar-refractivity contribution is 0.100. The molecule has 0 aliphatic carbocycles. The van der Waals surface area contributed by atoms with Crippen LogP contribution in [0.3, 0.4) is 0 Å². The van der Waals surface area contributed by atoms with E-state index < -0.39 is 5.63 Å². The van der Waals surface area contributed by atoms with Gasteiger partial charge in [-0.25, -0.2) is 9.95 Å². The van der Waals surface area contributed by atoms with Crippen LogP contribution in [0.1, 0.15) is 17.4 Å². The van der Waals surface area contributed by atoms with E-state index in [1.807, 2.05) is 0 Å². The number of aromatic nitrogens is 1. The topological polar surface area (TPSA) is 63.1 Å². The lowest BCUT2D eigenvalue weighted by Crippen LogP contribution is -1.91. The predicted molar refractivity (Wildman–Crippen MR) is 29.3 cm³/mol. The van der Waals surface area contributed by atoms with E-state index in [0.29, 0.717) is 0 Å². The van der Waals surface area contributed by atoms with Gasteiger partial charge in [0.25, 0.3) is 0 Å². The molecule has 0 saturated carbocycles. The average molecular weight is 127 g/mol. The van der Waals surface area contributed by atoms with Gasteiger partial charge in [0.2, 0.25) is 0 Å². The molecule has 0 saturated heterocycles. The molecular formula is C5H5NO3. The number of aromatic amines is 1. The summed E-state index contributed by atoms with van der Waals surface area (Å²) < 4.78 is 4.22. The van der Waals surface area contributed by atoms with Crippen LogP contribution >= 0.6 is 0 Å². The Morgan fingerprint density at radius 2 is 2.44 bits per heavy atom. The van der Waals surface area contributed by atoms with E-state index in [9.17, 15) is 9.59 Å². The minimum Gasteiger partial charge on any atom is -0.338 e. The van der Waals surface area contributed by atoms with Crippen LogP contribution < -0.4 is 5.63 Å². The maximum absolute atomic E-state index is 10.4. The van der Waals surface area contributed by atoms with Crippen LogP contribution in [-0.2, 0) is 0 Å². The SMILES string of the molecule is CC(=O)c1cc(=O)o[nH]1. The number of ketones is 1. The molecule has 48 valence electrons. The van der Waals surface area contributed by atoms with Crippen molar-refractivity contribution < 1.29 is 9.32 Å². The molecule has 0 aliphatic heterocycles. The molecule has 0 aliphatic rings. The summed E-state index contributed by atoms with van der Waals surface area (Å²) in [6.45, 7) is 1.35. The van der Waals surface area contributed by atoms with E-state index in [4.69, 9.17) is 0 Å². The standard InChI is InChI=1S/C5H5NO3/c1-3(7)4-2-5(8)9-6-4/h2,6H,1H3. The molecule has 0 amide bonds. The first-order valence-electron chi connectivity index (χ1n) is 2.39. The summed E-state index contributed by atoms with van der Waals surface area (Å²) in [5.41, 5.74) is -0.319. The molecule has 0 atom stereocenters. The molecule has 4 nitrogen and oxygen atoms in total. The van der Waals surface area contributed by atoms with E-state index in [0.717, 1.165) is 6.07 Å². The highest BCUT2D eigenvalue weighted by Crippen LogP contribution is 1.88. The number of nitrogens with one attached hydrogen (secondary N) is 1. The van der Waals surface area contributed by atoms with Crippen LogP contribution in [-0.4, -0.2) is 10.9 Å². The monoisotopic (exact) mass is 127 g/mol. The van der Waals surface area contributed by atoms with Gasteiger partial charge >= 0.3 is 5.63 Å². The second-order valence-corrected chi connectivity index (χ2v) is 1.64. The van der Waals surface area contributed by atoms with Gasteiger partial charge in [0, 0.05) is 6.92 Å². The third-order valence-corrected chi connectivity index (χ3v) is 0.903. The summed E-state index contributed by atoms with van der Waals surface area (Å²) in [5, 5.41) is 2.17. The van der Waals surface area contributed by atoms with Crippen LogP contribution in [0.5, 0.6) is 0 Å². The number of hydrogen-bond acceptors (Lipinski definition) is 3. The van der Waals surface area contributed by atoms with Crippen molar-refractivity contribution in [2.45, 2.75) is 6.92 Å². The second kappa shape index (κ2) is 1.89. The molecule has 0 bridgehead atoms. The largest absolute Gasteiger partial charge is 0.357 e. The fraction of sp³-hybridized carbons (Fsp3) is 0.200. The Labute approximate surface area is 50.4 Å². The van der Waals surface area contributed by atoms with Crippen molar-refractivity contribution >= 4 is 5.78 Å². The van der Waals surface area contributed by atoms with E-state index in [2.05, 4.69) is 9.68 Å². The molecule has 1 heterocycles. The molecule has 1 aromatic heterocycles. The zero-order chi connectivity index (χ0) is 6.85. The number of Topliss-reactive ketones (excluding diaryl/α,β-unsaturated/α-hetero) is 1. The van der Waals surface area contributed by atoms with Crippen molar-refractivity contribution in [2.75, 3.05) is 0 Å². The van der Waals surface area contributed by atoms with Crippen LogP contribution in [0.2, 0.25) is 0 Å². The number of hydrogen-bond donors (Lipinski definition) is 1. The normalized spacial score (nSPS) is 9.44. The maximum atomic E-state index is 10.4. The zero-order valence-electron chi connectivity index (χ0n) is 4.80. The van der Waals surface area contributed by atoms with Gasteiger partial charge in [0.15, 0.2) is 5.78 Å². The minimum atomic E-state index is -0.528. The van der Waals surface area contributed by atoms with Crippen LogP contribution in [0.25, 0.3) is 0 Å². The Bertz CT molecular complexity index is 270. The van der Waals surface area contributed by atoms with Crippen molar-refractivity contribution in [3.05, 3.63) is 22.2 Å². The van der Waals surface area contributed by atoms with E-state index in [-0.39, 0.29) is 11.5 Å². The van der Waals surface area contributed by atoms with Crippen LogP contribution in [0.4, 0.5) is 0 Å². The highest BCUT2D eigenvalue weighted by molar-refractivity contribution is 5.91. The first-order chi connectivity index (χ1) is 4.20. The molecular weight excluding hydrogens is 122 g/mol. The van der Waals surface area contributed by atoms with Gasteiger partial charge in [-0.3, -0.25) is 4.79 Å². The lowest BCUT2D eigenvalue weighted by Gasteiger charge is -1.78. The maximum Gasteiger partial charge on any atom is 0.357 e. The Morgan fingerprint density at radius 1 is 1.78 bits per heavy atom. The van der Waals surface area contributed by atoms with E-state index in [1.165, 1.54) is 6.92 Å². The fourth-order valence-corrected chi connectivity index (χ4v) is 0.456. The average Bonchev–Trinajstić information content (AvgIpc) is 2.14. The smallest absolute Gasteiger partial charge is 0.338 e. The minimum absolute atomic E-state index is 0.208. The molecule has 1 rings (SSSR count). The van der Waals surface area contributed by atoms with Gasteiger partial charge in [0.05, 0.1) is 6.07 Å². The molecule has 0 fully saturated rings. The molecule has 0 radical (unpaired) electrons. The number of rotatable bonds is 1. The second-order valence-electron chi connectivity index (χ2n) is 1.64. The van der Waals surface area contributed by atoms with Gasteiger partial charge < -0.3 is 4.52 Å².